The van der Waals surface area contributed by atoms with Crippen LogP contribution in [0, 0.1) is 6.92 Å². The lowest BCUT2D eigenvalue weighted by atomic mass is 10.3. The van der Waals surface area contributed by atoms with Crippen molar-refractivity contribution in [3.8, 4) is 11.5 Å². The van der Waals surface area contributed by atoms with Crippen LogP contribution in [0.5, 0.6) is 0 Å². The minimum Gasteiger partial charge on any atom is -0.353 e. The fourth-order valence-corrected chi connectivity index (χ4v) is 2.06. The molecule has 2 aromatic rings. The van der Waals surface area contributed by atoms with E-state index in [0.29, 0.717) is 0 Å². The van der Waals surface area contributed by atoms with Gasteiger partial charge in [0, 0.05) is 38.1 Å². The molecule has 1 aliphatic rings. The lowest BCUT2D eigenvalue weighted by molar-refractivity contribution is 0.583. The molecule has 2 aromatic heterocycles. The molecule has 6 heteroatoms. The second-order valence-electron chi connectivity index (χ2n) is 4.43. The molecule has 0 bridgehead atoms. The van der Waals surface area contributed by atoms with Gasteiger partial charge in [-0.15, -0.1) is 10.2 Å². The predicted octanol–water partition coefficient (Wildman–Crippen LogP) is 0.585. The molecule has 1 saturated heterocycles. The van der Waals surface area contributed by atoms with Gasteiger partial charge in [0.2, 0.25) is 0 Å². The zero-order chi connectivity index (χ0) is 12.4. The number of hydrogen-bond donors (Lipinski definition) is 2. The van der Waals surface area contributed by atoms with Crippen LogP contribution in [0.25, 0.3) is 11.5 Å². The van der Waals surface area contributed by atoms with Crippen molar-refractivity contribution < 1.29 is 0 Å². The Bertz CT molecular complexity index is 512. The summed E-state index contributed by atoms with van der Waals surface area (Å²) in [7, 11) is 0. The second kappa shape index (κ2) is 4.73. The van der Waals surface area contributed by atoms with Gasteiger partial charge >= 0.3 is 0 Å². The van der Waals surface area contributed by atoms with E-state index in [1.54, 1.807) is 6.20 Å². The summed E-state index contributed by atoms with van der Waals surface area (Å²) in [6, 6.07) is 3.97. The third-order valence-corrected chi connectivity index (χ3v) is 3.04. The molecule has 1 aliphatic heterocycles. The Labute approximate surface area is 105 Å². The van der Waals surface area contributed by atoms with Gasteiger partial charge in [-0.3, -0.25) is 0 Å². The van der Waals surface area contributed by atoms with E-state index in [9.17, 15) is 0 Å². The fourth-order valence-electron chi connectivity index (χ4n) is 2.06. The summed E-state index contributed by atoms with van der Waals surface area (Å²) in [4.78, 5) is 9.64. The van der Waals surface area contributed by atoms with Gasteiger partial charge in [0.1, 0.15) is 5.69 Å². The van der Waals surface area contributed by atoms with Gasteiger partial charge in [0.05, 0.1) is 0 Å². The SMILES string of the molecule is Cc1cnc(-c2ccc(N3CCNCC3)nn2)[nH]1. The number of nitrogens with zero attached hydrogens (tertiary/aromatic N) is 4. The number of aromatic amines is 1. The quantitative estimate of drug-likeness (QED) is 0.809. The summed E-state index contributed by atoms with van der Waals surface area (Å²) in [6.45, 7) is 5.93. The number of aromatic nitrogens is 4. The number of rotatable bonds is 2. The topological polar surface area (TPSA) is 69.7 Å². The van der Waals surface area contributed by atoms with E-state index in [2.05, 4.69) is 30.4 Å². The lowest BCUT2D eigenvalue weighted by Gasteiger charge is -2.27. The van der Waals surface area contributed by atoms with Crippen LogP contribution in [-0.2, 0) is 0 Å². The minimum atomic E-state index is 0.770. The van der Waals surface area contributed by atoms with E-state index in [4.69, 9.17) is 0 Å². The molecule has 18 heavy (non-hydrogen) atoms. The number of aryl methyl sites for hydroxylation is 1. The molecule has 0 aromatic carbocycles. The van der Waals surface area contributed by atoms with Gasteiger partial charge in [-0.05, 0) is 19.1 Å². The van der Waals surface area contributed by atoms with Crippen molar-refractivity contribution in [2.45, 2.75) is 6.92 Å². The van der Waals surface area contributed by atoms with Gasteiger partial charge in [0.15, 0.2) is 11.6 Å². The lowest BCUT2D eigenvalue weighted by Crippen LogP contribution is -2.43. The summed E-state index contributed by atoms with van der Waals surface area (Å²) in [5.74, 6) is 1.70. The van der Waals surface area contributed by atoms with E-state index in [0.717, 1.165) is 49.2 Å². The van der Waals surface area contributed by atoms with Crippen LogP contribution in [-0.4, -0.2) is 46.3 Å². The molecule has 0 radical (unpaired) electrons. The smallest absolute Gasteiger partial charge is 0.158 e. The summed E-state index contributed by atoms with van der Waals surface area (Å²) in [5, 5.41) is 11.8. The molecular formula is C12H16N6. The number of anilines is 1. The maximum absolute atomic E-state index is 4.28. The van der Waals surface area contributed by atoms with Crippen LogP contribution >= 0.6 is 0 Å². The number of piperazine rings is 1. The van der Waals surface area contributed by atoms with Crippen LogP contribution in [0.4, 0.5) is 5.82 Å². The van der Waals surface area contributed by atoms with Crippen LogP contribution in [0.1, 0.15) is 5.69 Å². The van der Waals surface area contributed by atoms with E-state index >= 15 is 0 Å². The Balaban J connectivity index is 1.80. The molecule has 0 aliphatic carbocycles. The highest BCUT2D eigenvalue weighted by atomic mass is 15.3. The first-order valence-electron chi connectivity index (χ1n) is 6.14. The monoisotopic (exact) mass is 244 g/mol. The van der Waals surface area contributed by atoms with Crippen LogP contribution in [0.3, 0.4) is 0 Å². The Morgan fingerprint density at radius 3 is 2.61 bits per heavy atom. The van der Waals surface area contributed by atoms with E-state index in [1.807, 2.05) is 19.1 Å². The number of hydrogen-bond acceptors (Lipinski definition) is 5. The zero-order valence-corrected chi connectivity index (χ0v) is 10.3. The molecule has 0 spiro atoms. The average molecular weight is 244 g/mol. The Morgan fingerprint density at radius 1 is 1.17 bits per heavy atom. The summed E-state index contributed by atoms with van der Waals surface area (Å²) >= 11 is 0. The average Bonchev–Trinajstić information content (AvgIpc) is 2.87. The van der Waals surface area contributed by atoms with Gasteiger partial charge in [-0.1, -0.05) is 0 Å². The highest BCUT2D eigenvalue weighted by molar-refractivity contribution is 5.51. The first-order chi connectivity index (χ1) is 8.83. The first-order valence-corrected chi connectivity index (χ1v) is 6.14. The molecular weight excluding hydrogens is 228 g/mol. The second-order valence-corrected chi connectivity index (χ2v) is 4.43. The largest absolute Gasteiger partial charge is 0.353 e. The summed E-state index contributed by atoms with van der Waals surface area (Å²) in [6.07, 6.45) is 1.79. The minimum absolute atomic E-state index is 0.770. The normalized spacial score (nSPS) is 15.9. The van der Waals surface area contributed by atoms with Crippen molar-refractivity contribution in [1.82, 2.24) is 25.5 Å². The van der Waals surface area contributed by atoms with Crippen molar-refractivity contribution in [1.29, 1.82) is 0 Å². The van der Waals surface area contributed by atoms with Crippen molar-refractivity contribution in [2.24, 2.45) is 0 Å². The highest BCUT2D eigenvalue weighted by Gasteiger charge is 2.12. The van der Waals surface area contributed by atoms with E-state index in [1.165, 1.54) is 0 Å². The number of H-pyrrole nitrogens is 1. The van der Waals surface area contributed by atoms with Crippen LogP contribution in [0.2, 0.25) is 0 Å². The zero-order valence-electron chi connectivity index (χ0n) is 10.3. The molecule has 1 fully saturated rings. The van der Waals surface area contributed by atoms with Gasteiger partial charge in [0.25, 0.3) is 0 Å². The molecule has 0 atom stereocenters. The summed E-state index contributed by atoms with van der Waals surface area (Å²) in [5.41, 5.74) is 1.81. The van der Waals surface area contributed by atoms with Gasteiger partial charge in [-0.2, -0.15) is 0 Å². The fraction of sp³-hybridized carbons (Fsp3) is 0.417. The van der Waals surface area contributed by atoms with Gasteiger partial charge in [-0.25, -0.2) is 4.98 Å². The molecule has 3 rings (SSSR count). The van der Waals surface area contributed by atoms with Crippen LogP contribution in [0.15, 0.2) is 18.3 Å². The Morgan fingerprint density at radius 2 is 2.00 bits per heavy atom. The number of nitrogens with one attached hydrogen (secondary N) is 2. The molecule has 0 amide bonds. The molecule has 94 valence electrons. The van der Waals surface area contributed by atoms with Crippen LogP contribution < -0.4 is 10.2 Å². The van der Waals surface area contributed by atoms with Crippen molar-refractivity contribution >= 4 is 5.82 Å². The maximum atomic E-state index is 4.28. The maximum Gasteiger partial charge on any atom is 0.158 e. The number of imidazole rings is 1. The standard InChI is InChI=1S/C12H16N6/c1-9-8-14-12(15-9)10-2-3-11(17-16-10)18-6-4-13-5-7-18/h2-3,8,13H,4-7H2,1H3,(H,14,15). The third kappa shape index (κ3) is 2.19. The molecule has 0 unspecified atom stereocenters. The molecule has 6 nitrogen and oxygen atoms in total. The molecule has 0 saturated carbocycles. The molecule has 3 heterocycles. The van der Waals surface area contributed by atoms with Crippen molar-refractivity contribution in [3.63, 3.8) is 0 Å². The summed E-state index contributed by atoms with van der Waals surface area (Å²) < 4.78 is 0. The molecule has 2 N–H and O–H groups in total. The first kappa shape index (κ1) is 11.2. The van der Waals surface area contributed by atoms with Crippen molar-refractivity contribution in [2.75, 3.05) is 31.1 Å². The highest BCUT2D eigenvalue weighted by Crippen LogP contribution is 2.15. The van der Waals surface area contributed by atoms with E-state index < -0.39 is 0 Å². The Kier molecular flexibility index (Phi) is 2.93. The Hall–Kier alpha value is -1.95. The van der Waals surface area contributed by atoms with Crippen molar-refractivity contribution in [3.05, 3.63) is 24.0 Å². The van der Waals surface area contributed by atoms with Gasteiger partial charge < -0.3 is 15.2 Å². The van der Waals surface area contributed by atoms with E-state index in [-0.39, 0.29) is 0 Å². The third-order valence-electron chi connectivity index (χ3n) is 3.04. The predicted molar refractivity (Wildman–Crippen MR) is 69.4 cm³/mol.